The Morgan fingerprint density at radius 3 is 2.23 bits per heavy atom. The van der Waals surface area contributed by atoms with E-state index in [1.807, 2.05) is 11.0 Å². The first-order valence-electron chi connectivity index (χ1n) is 8.74. The number of nitrogens with zero attached hydrogens (tertiary/aromatic N) is 3. The predicted molar refractivity (Wildman–Crippen MR) is 97.9 cm³/mol. The van der Waals surface area contributed by atoms with Gasteiger partial charge in [-0.3, -0.25) is 9.69 Å². The fraction of sp³-hybridized carbons (Fsp3) is 0.350. The lowest BCUT2D eigenvalue weighted by molar-refractivity contribution is -0.131. The van der Waals surface area contributed by atoms with Crippen LogP contribution >= 0.6 is 0 Å². The number of amides is 1. The first-order chi connectivity index (χ1) is 12.5. The van der Waals surface area contributed by atoms with Gasteiger partial charge in [0.15, 0.2) is 0 Å². The van der Waals surface area contributed by atoms with Gasteiger partial charge in [0, 0.05) is 45.3 Å². The molecule has 0 radical (unpaired) electrons. The van der Waals surface area contributed by atoms with Gasteiger partial charge in [-0.25, -0.2) is 8.78 Å². The number of rotatable bonds is 5. The molecule has 2 aromatic rings. The van der Waals surface area contributed by atoms with Crippen LogP contribution in [0.2, 0.25) is 0 Å². The molecule has 1 amide bonds. The number of para-hydroxylation sites is 1. The van der Waals surface area contributed by atoms with Crippen LogP contribution in [0.25, 0.3) is 0 Å². The molecule has 0 aliphatic carbocycles. The van der Waals surface area contributed by atoms with E-state index in [0.29, 0.717) is 37.4 Å². The number of hydrogen-bond donors (Lipinski definition) is 0. The van der Waals surface area contributed by atoms with Gasteiger partial charge in [0.1, 0.15) is 11.6 Å². The van der Waals surface area contributed by atoms with E-state index in [9.17, 15) is 13.6 Å². The van der Waals surface area contributed by atoms with Crippen LogP contribution < -0.4 is 4.90 Å². The van der Waals surface area contributed by atoms with Crippen LogP contribution in [0.4, 0.5) is 14.5 Å². The van der Waals surface area contributed by atoms with Gasteiger partial charge in [-0.2, -0.15) is 0 Å². The molecule has 0 spiro atoms. The number of likely N-dealkylation sites (N-methyl/N-ethyl adjacent to an activating group) is 1. The average Bonchev–Trinajstić information content (AvgIpc) is 2.65. The molecule has 0 aromatic heterocycles. The third-order valence-corrected chi connectivity index (χ3v) is 4.72. The van der Waals surface area contributed by atoms with Crippen LogP contribution in [0, 0.1) is 11.6 Å². The molecule has 1 aliphatic rings. The molecule has 0 N–H and O–H groups in total. The number of hydrogen-bond acceptors (Lipinski definition) is 3. The molecule has 1 fully saturated rings. The van der Waals surface area contributed by atoms with Crippen LogP contribution in [0.1, 0.15) is 5.56 Å². The van der Waals surface area contributed by atoms with Crippen molar-refractivity contribution in [1.29, 1.82) is 0 Å². The maximum Gasteiger partial charge on any atom is 0.236 e. The van der Waals surface area contributed by atoms with Crippen LogP contribution in [0.15, 0.2) is 48.5 Å². The molecular weight excluding hydrogens is 336 g/mol. The lowest BCUT2D eigenvalue weighted by Gasteiger charge is -2.36. The second kappa shape index (κ2) is 8.27. The van der Waals surface area contributed by atoms with Crippen molar-refractivity contribution < 1.29 is 13.6 Å². The van der Waals surface area contributed by atoms with E-state index in [2.05, 4.69) is 4.90 Å². The molecule has 26 heavy (non-hydrogen) atoms. The Hall–Kier alpha value is -2.47. The van der Waals surface area contributed by atoms with Crippen LogP contribution in [0.5, 0.6) is 0 Å². The van der Waals surface area contributed by atoms with Gasteiger partial charge in [0.2, 0.25) is 5.91 Å². The molecular formula is C20H23F2N3O. The Morgan fingerprint density at radius 2 is 1.58 bits per heavy atom. The summed E-state index contributed by atoms with van der Waals surface area (Å²) >= 11 is 0. The van der Waals surface area contributed by atoms with E-state index in [0.717, 1.165) is 0 Å². The summed E-state index contributed by atoms with van der Waals surface area (Å²) in [5.41, 5.74) is 1.11. The van der Waals surface area contributed by atoms with Crippen molar-refractivity contribution in [2.45, 2.75) is 6.54 Å². The first kappa shape index (κ1) is 18.3. The Morgan fingerprint density at radius 1 is 0.962 bits per heavy atom. The number of piperazine rings is 1. The molecule has 2 aromatic carbocycles. The summed E-state index contributed by atoms with van der Waals surface area (Å²) in [6, 6.07) is 13.2. The van der Waals surface area contributed by atoms with E-state index >= 15 is 0 Å². The quantitative estimate of drug-likeness (QED) is 0.821. The van der Waals surface area contributed by atoms with Crippen LogP contribution in [0.3, 0.4) is 0 Å². The lowest BCUT2D eigenvalue weighted by atomic mass is 10.2. The minimum absolute atomic E-state index is 0.0485. The van der Waals surface area contributed by atoms with E-state index in [-0.39, 0.29) is 30.6 Å². The number of carbonyl (C=O) groups is 1. The third-order valence-electron chi connectivity index (χ3n) is 4.72. The van der Waals surface area contributed by atoms with E-state index in [4.69, 9.17) is 0 Å². The zero-order valence-corrected chi connectivity index (χ0v) is 14.9. The van der Waals surface area contributed by atoms with Gasteiger partial charge in [-0.1, -0.05) is 30.3 Å². The summed E-state index contributed by atoms with van der Waals surface area (Å²) in [7, 11) is 1.68. The number of anilines is 1. The van der Waals surface area contributed by atoms with Crippen molar-refractivity contribution in [1.82, 2.24) is 9.80 Å². The van der Waals surface area contributed by atoms with E-state index in [1.54, 1.807) is 42.3 Å². The van der Waals surface area contributed by atoms with Crippen LogP contribution in [-0.2, 0) is 11.3 Å². The Balaban J connectivity index is 1.50. The van der Waals surface area contributed by atoms with Crippen molar-refractivity contribution >= 4 is 11.6 Å². The molecule has 0 saturated carbocycles. The van der Waals surface area contributed by atoms with E-state index in [1.165, 1.54) is 12.1 Å². The minimum atomic E-state index is -0.300. The highest BCUT2D eigenvalue weighted by atomic mass is 19.1. The van der Waals surface area contributed by atoms with Crippen molar-refractivity contribution in [2.24, 2.45) is 0 Å². The molecule has 1 saturated heterocycles. The van der Waals surface area contributed by atoms with Crippen molar-refractivity contribution in [3.63, 3.8) is 0 Å². The second-order valence-electron chi connectivity index (χ2n) is 6.56. The summed E-state index contributed by atoms with van der Waals surface area (Å²) in [5.74, 6) is -0.570. The maximum absolute atomic E-state index is 13.9. The molecule has 138 valence electrons. The summed E-state index contributed by atoms with van der Waals surface area (Å²) in [4.78, 5) is 18.0. The molecule has 0 bridgehead atoms. The predicted octanol–water partition coefficient (Wildman–Crippen LogP) is 2.75. The third kappa shape index (κ3) is 4.38. The average molecular weight is 359 g/mol. The molecule has 0 atom stereocenters. The highest BCUT2D eigenvalue weighted by molar-refractivity contribution is 5.78. The maximum atomic E-state index is 13.9. The lowest BCUT2D eigenvalue weighted by Crippen LogP contribution is -2.49. The Kier molecular flexibility index (Phi) is 5.83. The smallest absolute Gasteiger partial charge is 0.236 e. The van der Waals surface area contributed by atoms with Crippen molar-refractivity contribution in [3.8, 4) is 0 Å². The van der Waals surface area contributed by atoms with Gasteiger partial charge < -0.3 is 9.80 Å². The van der Waals surface area contributed by atoms with Gasteiger partial charge in [-0.05, 0) is 18.2 Å². The Labute approximate surface area is 152 Å². The Bertz CT molecular complexity index is 760. The van der Waals surface area contributed by atoms with Gasteiger partial charge in [-0.15, -0.1) is 0 Å². The van der Waals surface area contributed by atoms with Crippen molar-refractivity contribution in [3.05, 3.63) is 65.7 Å². The van der Waals surface area contributed by atoms with Gasteiger partial charge in [0.05, 0.1) is 12.2 Å². The summed E-state index contributed by atoms with van der Waals surface area (Å²) in [5, 5.41) is 0. The fourth-order valence-electron chi connectivity index (χ4n) is 3.14. The minimum Gasteiger partial charge on any atom is -0.367 e. The van der Waals surface area contributed by atoms with Gasteiger partial charge in [0.25, 0.3) is 0 Å². The summed E-state index contributed by atoms with van der Waals surface area (Å²) in [6.07, 6.45) is 0. The van der Waals surface area contributed by atoms with E-state index < -0.39 is 0 Å². The zero-order chi connectivity index (χ0) is 18.5. The summed E-state index contributed by atoms with van der Waals surface area (Å²) in [6.45, 7) is 3.26. The summed E-state index contributed by atoms with van der Waals surface area (Å²) < 4.78 is 27.6. The largest absolute Gasteiger partial charge is 0.367 e. The molecule has 0 unspecified atom stereocenters. The normalized spacial score (nSPS) is 15.1. The standard InChI is InChI=1S/C20H23F2N3O/c1-23(14-16-6-2-3-7-17(16)21)20(26)15-24-10-12-25(13-11-24)19-9-5-4-8-18(19)22/h2-9H,10-15H2,1H3. The number of carbonyl (C=O) groups excluding carboxylic acids is 1. The van der Waals surface area contributed by atoms with Crippen molar-refractivity contribution in [2.75, 3.05) is 44.7 Å². The molecule has 1 heterocycles. The highest BCUT2D eigenvalue weighted by Crippen LogP contribution is 2.20. The number of benzene rings is 2. The second-order valence-corrected chi connectivity index (χ2v) is 6.56. The van der Waals surface area contributed by atoms with Gasteiger partial charge >= 0.3 is 0 Å². The van der Waals surface area contributed by atoms with Crippen LogP contribution in [-0.4, -0.2) is 55.5 Å². The zero-order valence-electron chi connectivity index (χ0n) is 14.9. The molecule has 4 nitrogen and oxygen atoms in total. The highest BCUT2D eigenvalue weighted by Gasteiger charge is 2.22. The first-order valence-corrected chi connectivity index (χ1v) is 8.74. The molecule has 1 aliphatic heterocycles. The number of halogens is 2. The topological polar surface area (TPSA) is 26.8 Å². The fourth-order valence-corrected chi connectivity index (χ4v) is 3.14. The molecule has 3 rings (SSSR count). The monoisotopic (exact) mass is 359 g/mol. The SMILES string of the molecule is CN(Cc1ccccc1F)C(=O)CN1CCN(c2ccccc2F)CC1. The molecule has 6 heteroatoms.